The highest BCUT2D eigenvalue weighted by atomic mass is 32.1. The van der Waals surface area contributed by atoms with Crippen molar-refractivity contribution >= 4 is 18.8 Å². The van der Waals surface area contributed by atoms with Crippen LogP contribution in [-0.2, 0) is 23.5 Å². The molecule has 3 aromatic rings. The van der Waals surface area contributed by atoms with Crippen molar-refractivity contribution in [1.29, 1.82) is 0 Å². The summed E-state index contributed by atoms with van der Waals surface area (Å²) in [4.78, 5) is 12.0. The van der Waals surface area contributed by atoms with Crippen molar-refractivity contribution in [3.63, 3.8) is 0 Å². The summed E-state index contributed by atoms with van der Waals surface area (Å²) in [7, 11) is 0. The van der Waals surface area contributed by atoms with E-state index in [9.17, 15) is 4.79 Å². The molecule has 0 amide bonds. The molecule has 0 saturated carbocycles. The SMILES string of the molecule is Cc1ccc(Cc2ccccc2COC(=O)Oc2ccc(CS)cc2)cc1. The van der Waals surface area contributed by atoms with Crippen LogP contribution in [0.25, 0.3) is 0 Å². The topological polar surface area (TPSA) is 35.5 Å². The minimum absolute atomic E-state index is 0.176. The molecule has 3 rings (SSSR count). The van der Waals surface area contributed by atoms with Crippen molar-refractivity contribution < 1.29 is 14.3 Å². The number of hydrogen-bond acceptors (Lipinski definition) is 4. The van der Waals surface area contributed by atoms with Crippen molar-refractivity contribution in [1.82, 2.24) is 0 Å². The van der Waals surface area contributed by atoms with Crippen LogP contribution in [0, 0.1) is 6.92 Å². The first-order valence-electron chi connectivity index (χ1n) is 8.81. The fraction of sp³-hybridized carbons (Fsp3) is 0.174. The Morgan fingerprint density at radius 2 is 1.48 bits per heavy atom. The first-order valence-corrected chi connectivity index (χ1v) is 9.44. The third-order valence-electron chi connectivity index (χ3n) is 4.29. The summed E-state index contributed by atoms with van der Waals surface area (Å²) in [6.45, 7) is 2.25. The van der Waals surface area contributed by atoms with Gasteiger partial charge < -0.3 is 9.47 Å². The predicted octanol–water partition coefficient (Wildman–Crippen LogP) is 5.73. The average molecular weight is 378 g/mol. The average Bonchev–Trinajstić information content (AvgIpc) is 2.69. The highest BCUT2D eigenvalue weighted by Gasteiger charge is 2.09. The molecule has 3 nitrogen and oxygen atoms in total. The molecule has 0 radical (unpaired) electrons. The Bertz CT molecular complexity index is 886. The van der Waals surface area contributed by atoms with Crippen LogP contribution in [0.1, 0.15) is 27.8 Å². The minimum Gasteiger partial charge on any atom is -0.429 e. The second kappa shape index (κ2) is 9.28. The van der Waals surface area contributed by atoms with Gasteiger partial charge in [-0.25, -0.2) is 4.79 Å². The molecule has 0 aliphatic carbocycles. The van der Waals surface area contributed by atoms with Crippen LogP contribution in [-0.4, -0.2) is 6.16 Å². The number of hydrogen-bond donors (Lipinski definition) is 1. The lowest BCUT2D eigenvalue weighted by Gasteiger charge is -2.11. The van der Waals surface area contributed by atoms with Crippen LogP contribution in [0.4, 0.5) is 4.79 Å². The number of aryl methyl sites for hydroxylation is 1. The standard InChI is InChI=1S/C23H22O3S/c1-17-6-8-18(9-7-17)14-20-4-2-3-5-21(20)15-25-23(24)26-22-12-10-19(16-27)11-13-22/h2-13,27H,14-16H2,1H3. The molecule has 138 valence electrons. The second-order valence-electron chi connectivity index (χ2n) is 6.37. The van der Waals surface area contributed by atoms with E-state index in [1.54, 1.807) is 12.1 Å². The van der Waals surface area contributed by atoms with E-state index in [1.807, 2.05) is 30.3 Å². The lowest BCUT2D eigenvalue weighted by atomic mass is 9.99. The first-order chi connectivity index (χ1) is 13.1. The lowest BCUT2D eigenvalue weighted by molar-refractivity contribution is 0.0926. The van der Waals surface area contributed by atoms with Gasteiger partial charge in [0, 0.05) is 5.75 Å². The second-order valence-corrected chi connectivity index (χ2v) is 6.69. The summed E-state index contributed by atoms with van der Waals surface area (Å²) in [6.07, 6.45) is 0.0822. The maximum Gasteiger partial charge on any atom is 0.514 e. The quantitative estimate of drug-likeness (QED) is 0.338. The predicted molar refractivity (Wildman–Crippen MR) is 110 cm³/mol. The van der Waals surface area contributed by atoms with Gasteiger partial charge in [0.05, 0.1) is 0 Å². The highest BCUT2D eigenvalue weighted by Crippen LogP contribution is 2.18. The minimum atomic E-state index is -0.709. The van der Waals surface area contributed by atoms with Crippen molar-refractivity contribution in [3.05, 3.63) is 101 Å². The number of benzene rings is 3. The van der Waals surface area contributed by atoms with Gasteiger partial charge in [-0.2, -0.15) is 12.6 Å². The molecule has 0 fully saturated rings. The van der Waals surface area contributed by atoms with E-state index in [2.05, 4.69) is 49.9 Å². The number of rotatable bonds is 6. The molecule has 0 aliphatic heterocycles. The van der Waals surface area contributed by atoms with Crippen molar-refractivity contribution in [2.45, 2.75) is 25.7 Å². The van der Waals surface area contributed by atoms with Gasteiger partial charge in [0.15, 0.2) is 0 Å². The van der Waals surface area contributed by atoms with E-state index < -0.39 is 6.16 Å². The number of carbonyl (C=O) groups is 1. The van der Waals surface area contributed by atoms with Gasteiger partial charge in [0.1, 0.15) is 12.4 Å². The van der Waals surface area contributed by atoms with Gasteiger partial charge in [-0.15, -0.1) is 0 Å². The largest absolute Gasteiger partial charge is 0.514 e. The van der Waals surface area contributed by atoms with Crippen LogP contribution in [0.3, 0.4) is 0 Å². The maximum atomic E-state index is 12.0. The number of ether oxygens (including phenoxy) is 2. The molecule has 4 heteroatoms. The van der Waals surface area contributed by atoms with Gasteiger partial charge in [-0.1, -0.05) is 66.2 Å². The van der Waals surface area contributed by atoms with Gasteiger partial charge in [-0.05, 0) is 47.7 Å². The maximum absolute atomic E-state index is 12.0. The van der Waals surface area contributed by atoms with Crippen LogP contribution in [0.15, 0.2) is 72.8 Å². The van der Waals surface area contributed by atoms with Gasteiger partial charge in [-0.3, -0.25) is 0 Å². The molecular formula is C23H22O3S. The summed E-state index contributed by atoms with van der Waals surface area (Å²) in [5, 5.41) is 0. The number of carbonyl (C=O) groups excluding carboxylic acids is 1. The Balaban J connectivity index is 1.60. The smallest absolute Gasteiger partial charge is 0.429 e. The zero-order chi connectivity index (χ0) is 19.1. The zero-order valence-electron chi connectivity index (χ0n) is 15.2. The molecule has 0 saturated heterocycles. The molecular weight excluding hydrogens is 356 g/mol. The fourth-order valence-electron chi connectivity index (χ4n) is 2.72. The Morgan fingerprint density at radius 1 is 0.852 bits per heavy atom. The van der Waals surface area contributed by atoms with E-state index in [1.165, 1.54) is 11.1 Å². The van der Waals surface area contributed by atoms with Gasteiger partial charge in [0.25, 0.3) is 0 Å². The molecule has 0 N–H and O–H groups in total. The molecule has 0 bridgehead atoms. The van der Waals surface area contributed by atoms with Crippen LogP contribution >= 0.6 is 12.6 Å². The van der Waals surface area contributed by atoms with E-state index in [4.69, 9.17) is 9.47 Å². The summed E-state index contributed by atoms with van der Waals surface area (Å²) < 4.78 is 10.5. The molecule has 27 heavy (non-hydrogen) atoms. The molecule has 0 aliphatic rings. The lowest BCUT2D eigenvalue weighted by Crippen LogP contribution is -2.11. The van der Waals surface area contributed by atoms with E-state index in [0.717, 1.165) is 23.1 Å². The Labute approximate surface area is 165 Å². The molecule has 0 aromatic heterocycles. The van der Waals surface area contributed by atoms with Crippen molar-refractivity contribution in [3.8, 4) is 5.75 Å². The van der Waals surface area contributed by atoms with Crippen LogP contribution < -0.4 is 4.74 Å². The van der Waals surface area contributed by atoms with E-state index in [-0.39, 0.29) is 6.61 Å². The third kappa shape index (κ3) is 5.63. The first kappa shape index (κ1) is 19.1. The molecule has 0 spiro atoms. The van der Waals surface area contributed by atoms with Crippen molar-refractivity contribution in [2.75, 3.05) is 0 Å². The van der Waals surface area contributed by atoms with Crippen LogP contribution in [0.5, 0.6) is 5.75 Å². The number of thiol groups is 1. The monoisotopic (exact) mass is 378 g/mol. The van der Waals surface area contributed by atoms with Crippen molar-refractivity contribution in [2.24, 2.45) is 0 Å². The molecule has 3 aromatic carbocycles. The highest BCUT2D eigenvalue weighted by molar-refractivity contribution is 7.79. The van der Waals surface area contributed by atoms with E-state index in [0.29, 0.717) is 11.5 Å². The van der Waals surface area contributed by atoms with E-state index >= 15 is 0 Å². The molecule has 0 heterocycles. The van der Waals surface area contributed by atoms with Gasteiger partial charge in [0.2, 0.25) is 0 Å². The summed E-state index contributed by atoms with van der Waals surface area (Å²) in [5.41, 5.74) is 5.62. The summed E-state index contributed by atoms with van der Waals surface area (Å²) >= 11 is 4.21. The fourth-order valence-corrected chi connectivity index (χ4v) is 2.93. The van der Waals surface area contributed by atoms with Gasteiger partial charge >= 0.3 is 6.16 Å². The Hall–Kier alpha value is -2.72. The third-order valence-corrected chi connectivity index (χ3v) is 4.65. The zero-order valence-corrected chi connectivity index (χ0v) is 16.1. The normalized spacial score (nSPS) is 10.4. The summed E-state index contributed by atoms with van der Waals surface area (Å²) in [6, 6.07) is 23.6. The van der Waals surface area contributed by atoms with Crippen LogP contribution in [0.2, 0.25) is 0 Å². The summed E-state index contributed by atoms with van der Waals surface area (Å²) in [5.74, 6) is 1.10. The Kier molecular flexibility index (Phi) is 6.55. The molecule has 0 atom stereocenters. The molecule has 0 unspecified atom stereocenters. The Morgan fingerprint density at radius 3 is 2.15 bits per heavy atom.